The average Bonchev–Trinajstić information content (AvgIpc) is 2.65. The number of halogens is 2. The number of rotatable bonds is 3. The zero-order valence-electron chi connectivity index (χ0n) is 15.4. The van der Waals surface area contributed by atoms with E-state index in [1.165, 1.54) is 6.92 Å². The number of carbonyl (C=O) groups excluding carboxylic acids is 1. The highest BCUT2D eigenvalue weighted by molar-refractivity contribution is 5.85. The van der Waals surface area contributed by atoms with Crippen LogP contribution in [-0.4, -0.2) is 43.6 Å². The Kier molecular flexibility index (Phi) is 4.19. The molecule has 1 unspecified atom stereocenters. The second-order valence-electron chi connectivity index (χ2n) is 7.20. The number of nitrogens with zero attached hydrogens (tertiary/aromatic N) is 3. The highest BCUT2D eigenvalue weighted by Gasteiger charge is 2.59. The lowest BCUT2D eigenvalue weighted by Gasteiger charge is -2.49. The zero-order chi connectivity index (χ0) is 20.1. The van der Waals surface area contributed by atoms with Gasteiger partial charge >= 0.3 is 12.0 Å². The Balaban J connectivity index is 1.79. The number of hydrogen-bond acceptors (Lipinski definition) is 5. The number of alkyl halides is 2. The highest BCUT2D eigenvalue weighted by Crippen LogP contribution is 2.45. The van der Waals surface area contributed by atoms with Crippen LogP contribution in [0.5, 0.6) is 0 Å². The summed E-state index contributed by atoms with van der Waals surface area (Å²) in [6.07, 6.45) is 0.206. The Morgan fingerprint density at radius 2 is 2.11 bits per heavy atom. The summed E-state index contributed by atoms with van der Waals surface area (Å²) < 4.78 is 33.6. The molecule has 2 aliphatic rings. The molecule has 0 bridgehead atoms. The molecule has 2 aromatic heterocycles. The number of morpholine rings is 1. The van der Waals surface area contributed by atoms with Crippen LogP contribution in [0.2, 0.25) is 0 Å². The molecule has 0 spiro atoms. The summed E-state index contributed by atoms with van der Waals surface area (Å²) in [5.41, 5.74) is 0.836. The van der Waals surface area contributed by atoms with Crippen molar-refractivity contribution in [3.8, 4) is 0 Å². The molecule has 3 heterocycles. The third kappa shape index (κ3) is 2.84. The van der Waals surface area contributed by atoms with Crippen molar-refractivity contribution in [3.63, 3.8) is 0 Å². The van der Waals surface area contributed by atoms with Gasteiger partial charge in [-0.2, -0.15) is 8.78 Å². The standard InChI is InChI=1S/C20H19F2N3O3/c1-12(26)14-5-3-9-19(2)17(14)28-20(21,22)18(27)25(19)11-13-7-8-15-16(24-13)6-4-10-23-15/h3-8,10,12,26H,9,11H2,1-2H3/t12-,19?/m0/s1. The van der Waals surface area contributed by atoms with Crippen LogP contribution in [0.25, 0.3) is 11.0 Å². The van der Waals surface area contributed by atoms with Gasteiger partial charge in [0.2, 0.25) is 0 Å². The number of fused-ring (bicyclic) bond motifs is 2. The van der Waals surface area contributed by atoms with Crippen LogP contribution in [0.4, 0.5) is 8.78 Å². The molecular formula is C20H19F2N3O3. The number of aliphatic hydroxyl groups excluding tert-OH is 1. The molecule has 146 valence electrons. The number of pyridine rings is 2. The lowest BCUT2D eigenvalue weighted by Crippen LogP contribution is -2.62. The first-order chi connectivity index (χ1) is 13.2. The van der Waals surface area contributed by atoms with Crippen LogP contribution in [0.15, 0.2) is 53.9 Å². The smallest absolute Gasteiger partial charge is 0.427 e. The van der Waals surface area contributed by atoms with E-state index in [-0.39, 0.29) is 24.3 Å². The fourth-order valence-electron chi connectivity index (χ4n) is 3.67. The minimum Gasteiger partial charge on any atom is -0.427 e. The molecule has 4 rings (SSSR count). The molecule has 1 saturated heterocycles. The maximum Gasteiger partial charge on any atom is 0.482 e. The van der Waals surface area contributed by atoms with Crippen molar-refractivity contribution in [1.82, 2.24) is 14.9 Å². The van der Waals surface area contributed by atoms with Crippen molar-refractivity contribution in [1.29, 1.82) is 0 Å². The third-order valence-corrected chi connectivity index (χ3v) is 5.17. The van der Waals surface area contributed by atoms with Crippen molar-refractivity contribution in [3.05, 3.63) is 59.6 Å². The summed E-state index contributed by atoms with van der Waals surface area (Å²) in [5, 5.41) is 10.0. The van der Waals surface area contributed by atoms with Crippen LogP contribution < -0.4 is 0 Å². The van der Waals surface area contributed by atoms with E-state index in [0.717, 1.165) is 4.90 Å². The monoisotopic (exact) mass is 387 g/mol. The first kappa shape index (κ1) is 18.5. The number of ether oxygens (including phenoxy) is 1. The molecule has 1 aliphatic carbocycles. The van der Waals surface area contributed by atoms with E-state index in [1.54, 1.807) is 49.5 Å². The van der Waals surface area contributed by atoms with E-state index in [0.29, 0.717) is 16.7 Å². The molecule has 0 aromatic carbocycles. The first-order valence-corrected chi connectivity index (χ1v) is 8.91. The molecule has 28 heavy (non-hydrogen) atoms. The van der Waals surface area contributed by atoms with E-state index in [2.05, 4.69) is 9.97 Å². The Hall–Kier alpha value is -2.87. The van der Waals surface area contributed by atoms with E-state index in [9.17, 15) is 18.7 Å². The lowest BCUT2D eigenvalue weighted by atomic mass is 9.82. The Morgan fingerprint density at radius 1 is 1.32 bits per heavy atom. The molecule has 1 N–H and O–H groups in total. The van der Waals surface area contributed by atoms with Gasteiger partial charge in [-0.05, 0) is 44.5 Å². The molecule has 2 aromatic rings. The van der Waals surface area contributed by atoms with Gasteiger partial charge in [0.25, 0.3) is 0 Å². The van der Waals surface area contributed by atoms with Crippen LogP contribution in [0, 0.1) is 0 Å². The Morgan fingerprint density at radius 3 is 2.86 bits per heavy atom. The summed E-state index contributed by atoms with van der Waals surface area (Å²) in [7, 11) is 0. The van der Waals surface area contributed by atoms with Crippen LogP contribution in [0.1, 0.15) is 26.0 Å². The average molecular weight is 387 g/mol. The Bertz CT molecular complexity index is 1020. The van der Waals surface area contributed by atoms with E-state index in [1.807, 2.05) is 0 Å². The maximum atomic E-state index is 14.4. The lowest BCUT2D eigenvalue weighted by molar-refractivity contribution is -0.254. The van der Waals surface area contributed by atoms with Crippen molar-refractivity contribution >= 4 is 16.9 Å². The quantitative estimate of drug-likeness (QED) is 0.877. The summed E-state index contributed by atoms with van der Waals surface area (Å²) in [4.78, 5) is 22.3. The van der Waals surface area contributed by atoms with Crippen LogP contribution in [-0.2, 0) is 16.1 Å². The number of carbonyl (C=O) groups is 1. The minimum atomic E-state index is -4.02. The van der Waals surface area contributed by atoms with E-state index < -0.39 is 23.7 Å². The summed E-state index contributed by atoms with van der Waals surface area (Å²) >= 11 is 0. The van der Waals surface area contributed by atoms with Gasteiger partial charge in [0, 0.05) is 11.8 Å². The van der Waals surface area contributed by atoms with Crippen LogP contribution in [0.3, 0.4) is 0 Å². The molecule has 0 radical (unpaired) electrons. The molecule has 8 heteroatoms. The van der Waals surface area contributed by atoms with Crippen molar-refractivity contribution < 1.29 is 23.4 Å². The Labute approximate surface area is 160 Å². The largest absolute Gasteiger partial charge is 0.482 e. The summed E-state index contributed by atoms with van der Waals surface area (Å²) in [6, 6.07) is 6.90. The van der Waals surface area contributed by atoms with Gasteiger partial charge in [-0.3, -0.25) is 9.78 Å². The van der Waals surface area contributed by atoms with E-state index >= 15 is 0 Å². The molecule has 2 atom stereocenters. The number of aromatic nitrogens is 2. The SMILES string of the molecule is C[C@H](O)C1=C2OC(F)(F)C(=O)N(Cc3ccc4ncccc4n3)C2(C)CC=C1. The third-order valence-electron chi connectivity index (χ3n) is 5.17. The summed E-state index contributed by atoms with van der Waals surface area (Å²) in [5.74, 6) is -1.51. The van der Waals surface area contributed by atoms with Crippen molar-refractivity contribution in [2.24, 2.45) is 0 Å². The predicted octanol–water partition coefficient (Wildman–Crippen LogP) is 2.93. The second kappa shape index (κ2) is 6.34. The number of hydrogen-bond donors (Lipinski definition) is 1. The second-order valence-corrected chi connectivity index (χ2v) is 7.20. The van der Waals surface area contributed by atoms with Gasteiger partial charge < -0.3 is 14.7 Å². The van der Waals surface area contributed by atoms with Gasteiger partial charge in [0.15, 0.2) is 0 Å². The number of aliphatic hydroxyl groups is 1. The maximum absolute atomic E-state index is 14.4. The molecule has 1 fully saturated rings. The topological polar surface area (TPSA) is 75.6 Å². The fraction of sp³-hybridized carbons (Fsp3) is 0.350. The van der Waals surface area contributed by atoms with Gasteiger partial charge in [0.05, 0.1) is 29.4 Å². The normalized spacial score (nSPS) is 24.9. The zero-order valence-corrected chi connectivity index (χ0v) is 15.4. The van der Waals surface area contributed by atoms with Crippen molar-refractivity contribution in [2.75, 3.05) is 0 Å². The summed E-state index contributed by atoms with van der Waals surface area (Å²) in [6.45, 7) is 3.01. The van der Waals surface area contributed by atoms with Crippen molar-refractivity contribution in [2.45, 2.75) is 44.6 Å². The van der Waals surface area contributed by atoms with E-state index in [4.69, 9.17) is 4.74 Å². The minimum absolute atomic E-state index is 0.0861. The predicted molar refractivity (Wildman–Crippen MR) is 97.0 cm³/mol. The first-order valence-electron chi connectivity index (χ1n) is 8.91. The molecular weight excluding hydrogens is 368 g/mol. The number of amides is 1. The van der Waals surface area contributed by atoms with Gasteiger partial charge in [-0.15, -0.1) is 0 Å². The highest BCUT2D eigenvalue weighted by atomic mass is 19.3. The molecule has 1 aliphatic heterocycles. The molecule has 1 amide bonds. The van der Waals surface area contributed by atoms with Gasteiger partial charge in [-0.25, -0.2) is 4.98 Å². The molecule has 0 saturated carbocycles. The molecule has 6 nitrogen and oxygen atoms in total. The fourth-order valence-corrected chi connectivity index (χ4v) is 3.67. The van der Waals surface area contributed by atoms with Gasteiger partial charge in [-0.1, -0.05) is 12.2 Å². The van der Waals surface area contributed by atoms with Crippen LogP contribution >= 0.6 is 0 Å². The van der Waals surface area contributed by atoms with Gasteiger partial charge in [0.1, 0.15) is 11.3 Å².